The third kappa shape index (κ3) is 3.14. The minimum absolute atomic E-state index is 0.147. The van der Waals surface area contributed by atoms with E-state index in [2.05, 4.69) is 4.98 Å². The van der Waals surface area contributed by atoms with Crippen LogP contribution in [0.25, 0.3) is 10.9 Å². The molecule has 2 heterocycles. The summed E-state index contributed by atoms with van der Waals surface area (Å²) in [5.41, 5.74) is 1.92. The SMILES string of the molecule is O=C(c1ccc(C(F)(F)F)cc1)N1CCc2c([nH]c3ccc(Cl)cc23)C1CO. The number of nitrogens with zero attached hydrogens (tertiary/aromatic N) is 1. The summed E-state index contributed by atoms with van der Waals surface area (Å²) in [7, 11) is 0. The highest BCUT2D eigenvalue weighted by atomic mass is 35.5. The number of fused-ring (bicyclic) bond motifs is 3. The Morgan fingerprint density at radius 2 is 1.93 bits per heavy atom. The summed E-state index contributed by atoms with van der Waals surface area (Å²) in [4.78, 5) is 17.6. The quantitative estimate of drug-likeness (QED) is 0.652. The molecular weight excluding hydrogens is 393 g/mol. The lowest BCUT2D eigenvalue weighted by Crippen LogP contribution is -2.41. The molecule has 0 radical (unpaired) electrons. The van der Waals surface area contributed by atoms with E-state index in [9.17, 15) is 23.1 Å². The Bertz CT molecular complexity index is 1040. The van der Waals surface area contributed by atoms with Crippen LogP contribution in [-0.2, 0) is 12.6 Å². The van der Waals surface area contributed by atoms with Crippen molar-refractivity contribution >= 4 is 28.4 Å². The maximum atomic E-state index is 12.9. The van der Waals surface area contributed by atoms with Gasteiger partial charge in [-0.1, -0.05) is 11.6 Å². The van der Waals surface area contributed by atoms with E-state index < -0.39 is 23.7 Å². The molecular formula is C20H16ClF3N2O2. The lowest BCUT2D eigenvalue weighted by molar-refractivity contribution is -0.137. The zero-order valence-corrected chi connectivity index (χ0v) is 15.3. The first-order chi connectivity index (χ1) is 13.3. The topological polar surface area (TPSA) is 56.3 Å². The van der Waals surface area contributed by atoms with E-state index in [-0.39, 0.29) is 12.2 Å². The standard InChI is InChI=1S/C20H16ClF3N2O2/c21-13-5-6-16-15(9-13)14-7-8-26(17(10-27)18(14)25-16)19(28)11-1-3-12(4-2-11)20(22,23)24/h1-6,9,17,25,27H,7-8,10H2. The smallest absolute Gasteiger partial charge is 0.394 e. The van der Waals surface area contributed by atoms with Gasteiger partial charge in [-0.3, -0.25) is 4.79 Å². The molecule has 1 unspecified atom stereocenters. The van der Waals surface area contributed by atoms with Gasteiger partial charge in [-0.25, -0.2) is 0 Å². The van der Waals surface area contributed by atoms with Gasteiger partial charge in [0.25, 0.3) is 5.91 Å². The Hall–Kier alpha value is -2.51. The van der Waals surface area contributed by atoms with Crippen LogP contribution in [0.5, 0.6) is 0 Å². The number of rotatable bonds is 2. The lowest BCUT2D eigenvalue weighted by atomic mass is 9.96. The number of aromatic nitrogens is 1. The normalized spacial score (nSPS) is 17.0. The van der Waals surface area contributed by atoms with Gasteiger partial charge in [0.1, 0.15) is 0 Å². The van der Waals surface area contributed by atoms with Crippen LogP contribution in [0, 0.1) is 0 Å². The Kier molecular flexibility index (Phi) is 4.59. The van der Waals surface area contributed by atoms with Gasteiger partial charge >= 0.3 is 6.18 Å². The van der Waals surface area contributed by atoms with Crippen LogP contribution in [-0.4, -0.2) is 34.0 Å². The molecule has 28 heavy (non-hydrogen) atoms. The molecule has 0 aliphatic carbocycles. The van der Waals surface area contributed by atoms with Gasteiger partial charge in [0.2, 0.25) is 0 Å². The van der Waals surface area contributed by atoms with E-state index in [0.29, 0.717) is 18.0 Å². The molecule has 146 valence electrons. The third-order valence-corrected chi connectivity index (χ3v) is 5.34. The highest BCUT2D eigenvalue weighted by Crippen LogP contribution is 2.36. The molecule has 0 fully saturated rings. The summed E-state index contributed by atoms with van der Waals surface area (Å²) in [6.45, 7) is 0.0392. The Balaban J connectivity index is 1.67. The maximum Gasteiger partial charge on any atom is 0.416 e. The van der Waals surface area contributed by atoms with Crippen LogP contribution in [0.15, 0.2) is 42.5 Å². The number of H-pyrrole nitrogens is 1. The average Bonchev–Trinajstić information content (AvgIpc) is 3.04. The van der Waals surface area contributed by atoms with Gasteiger partial charge in [0, 0.05) is 33.7 Å². The molecule has 3 aromatic rings. The zero-order chi connectivity index (χ0) is 20.1. The number of aliphatic hydroxyl groups is 1. The molecule has 1 amide bonds. The number of hydrogen-bond acceptors (Lipinski definition) is 2. The number of halogens is 4. The summed E-state index contributed by atoms with van der Waals surface area (Å²) < 4.78 is 38.2. The van der Waals surface area contributed by atoms with Crippen molar-refractivity contribution < 1.29 is 23.1 Å². The molecule has 1 aliphatic heterocycles. The van der Waals surface area contributed by atoms with Crippen molar-refractivity contribution in [2.45, 2.75) is 18.6 Å². The number of aliphatic hydroxyl groups excluding tert-OH is 1. The minimum atomic E-state index is -4.46. The van der Waals surface area contributed by atoms with Crippen molar-refractivity contribution in [2.75, 3.05) is 13.2 Å². The molecule has 0 saturated carbocycles. The molecule has 1 atom stereocenters. The summed E-state index contributed by atoms with van der Waals surface area (Å²) in [6.07, 6.45) is -3.90. The number of carbonyl (C=O) groups excluding carboxylic acids is 1. The van der Waals surface area contributed by atoms with Crippen LogP contribution in [0.2, 0.25) is 5.02 Å². The van der Waals surface area contributed by atoms with Gasteiger partial charge in [0.15, 0.2) is 0 Å². The molecule has 0 bridgehead atoms. The molecule has 4 rings (SSSR count). The molecule has 0 spiro atoms. The maximum absolute atomic E-state index is 12.9. The van der Waals surface area contributed by atoms with Gasteiger partial charge < -0.3 is 15.0 Å². The molecule has 1 aliphatic rings. The van der Waals surface area contributed by atoms with Crippen molar-refractivity contribution in [1.29, 1.82) is 0 Å². The molecule has 2 aromatic carbocycles. The predicted octanol–water partition coefficient (Wildman–Crippen LogP) is 4.57. The average molecular weight is 409 g/mol. The summed E-state index contributed by atoms with van der Waals surface area (Å²) >= 11 is 6.08. The second-order valence-electron chi connectivity index (χ2n) is 6.73. The molecule has 8 heteroatoms. The molecule has 0 saturated heterocycles. The zero-order valence-electron chi connectivity index (χ0n) is 14.6. The van der Waals surface area contributed by atoms with Crippen molar-refractivity contribution in [2.24, 2.45) is 0 Å². The summed E-state index contributed by atoms with van der Waals surface area (Å²) in [5, 5.41) is 11.5. The largest absolute Gasteiger partial charge is 0.416 e. The van der Waals surface area contributed by atoms with E-state index in [1.807, 2.05) is 12.1 Å². The summed E-state index contributed by atoms with van der Waals surface area (Å²) in [6, 6.07) is 8.94. The highest BCUT2D eigenvalue weighted by Gasteiger charge is 2.34. The van der Waals surface area contributed by atoms with E-state index >= 15 is 0 Å². The van der Waals surface area contributed by atoms with Gasteiger partial charge in [0.05, 0.1) is 18.2 Å². The number of alkyl halides is 3. The number of aromatic amines is 1. The predicted molar refractivity (Wildman–Crippen MR) is 99.3 cm³/mol. The van der Waals surface area contributed by atoms with Crippen molar-refractivity contribution in [1.82, 2.24) is 9.88 Å². The van der Waals surface area contributed by atoms with E-state index in [0.717, 1.165) is 34.3 Å². The Morgan fingerprint density at radius 3 is 2.57 bits per heavy atom. The first-order valence-electron chi connectivity index (χ1n) is 8.68. The second-order valence-corrected chi connectivity index (χ2v) is 7.17. The van der Waals surface area contributed by atoms with Crippen molar-refractivity contribution in [3.8, 4) is 0 Å². The minimum Gasteiger partial charge on any atom is -0.394 e. The molecule has 1 aromatic heterocycles. The second kappa shape index (κ2) is 6.83. The number of nitrogens with one attached hydrogen (secondary N) is 1. The fraction of sp³-hybridized carbons (Fsp3) is 0.250. The third-order valence-electron chi connectivity index (χ3n) is 5.11. The van der Waals surface area contributed by atoms with Crippen molar-refractivity contribution in [3.63, 3.8) is 0 Å². The van der Waals surface area contributed by atoms with Crippen LogP contribution in [0.3, 0.4) is 0 Å². The summed E-state index contributed by atoms with van der Waals surface area (Å²) in [5.74, 6) is -0.421. The monoisotopic (exact) mass is 408 g/mol. The van der Waals surface area contributed by atoms with Crippen LogP contribution in [0.1, 0.15) is 33.2 Å². The number of carbonyl (C=O) groups is 1. The van der Waals surface area contributed by atoms with E-state index in [1.165, 1.54) is 17.0 Å². The Morgan fingerprint density at radius 1 is 1.21 bits per heavy atom. The van der Waals surface area contributed by atoms with Crippen LogP contribution >= 0.6 is 11.6 Å². The fourth-order valence-electron chi connectivity index (χ4n) is 3.74. The molecule has 2 N–H and O–H groups in total. The number of amides is 1. The van der Waals surface area contributed by atoms with E-state index in [1.54, 1.807) is 6.07 Å². The number of hydrogen-bond donors (Lipinski definition) is 2. The van der Waals surface area contributed by atoms with E-state index in [4.69, 9.17) is 11.6 Å². The van der Waals surface area contributed by atoms with Gasteiger partial charge in [-0.2, -0.15) is 13.2 Å². The lowest BCUT2D eigenvalue weighted by Gasteiger charge is -2.35. The first-order valence-corrected chi connectivity index (χ1v) is 9.06. The van der Waals surface area contributed by atoms with Crippen LogP contribution in [0.4, 0.5) is 13.2 Å². The Labute approximate surface area is 163 Å². The van der Waals surface area contributed by atoms with Gasteiger partial charge in [-0.05, 0) is 54.4 Å². The van der Waals surface area contributed by atoms with Crippen molar-refractivity contribution in [3.05, 3.63) is 69.9 Å². The highest BCUT2D eigenvalue weighted by molar-refractivity contribution is 6.31. The van der Waals surface area contributed by atoms with Gasteiger partial charge in [-0.15, -0.1) is 0 Å². The van der Waals surface area contributed by atoms with Crippen LogP contribution < -0.4 is 0 Å². The molecule has 4 nitrogen and oxygen atoms in total. The fourth-order valence-corrected chi connectivity index (χ4v) is 3.91. The number of benzene rings is 2. The first kappa shape index (κ1) is 18.8.